The first-order valence-electron chi connectivity index (χ1n) is 6.38. The van der Waals surface area contributed by atoms with Gasteiger partial charge in [0.05, 0.1) is 7.11 Å². The predicted molar refractivity (Wildman–Crippen MR) is 79.2 cm³/mol. The van der Waals surface area contributed by atoms with Crippen LogP contribution in [0.5, 0.6) is 5.75 Å². The standard InChI is InChI=1S/C14H22N2OS/c1-10-7-16(8-11(2)18-10)9-12-4-5-13(17-3)6-14(12)15/h4-6,10-11H,7-9,15H2,1-3H3. The van der Waals surface area contributed by atoms with Gasteiger partial charge in [-0.1, -0.05) is 19.9 Å². The molecule has 0 bridgehead atoms. The Bertz CT molecular complexity index is 401. The van der Waals surface area contributed by atoms with E-state index in [-0.39, 0.29) is 0 Å². The summed E-state index contributed by atoms with van der Waals surface area (Å²) in [6, 6.07) is 5.96. The first-order valence-corrected chi connectivity index (χ1v) is 7.33. The third-order valence-electron chi connectivity index (χ3n) is 3.24. The first-order chi connectivity index (χ1) is 8.58. The van der Waals surface area contributed by atoms with Gasteiger partial charge in [0.25, 0.3) is 0 Å². The van der Waals surface area contributed by atoms with Crippen molar-refractivity contribution < 1.29 is 4.74 Å². The highest BCUT2D eigenvalue weighted by Crippen LogP contribution is 2.27. The van der Waals surface area contributed by atoms with E-state index < -0.39 is 0 Å². The number of benzene rings is 1. The molecule has 0 aliphatic carbocycles. The fourth-order valence-electron chi connectivity index (χ4n) is 2.50. The van der Waals surface area contributed by atoms with E-state index in [0.717, 1.165) is 31.1 Å². The molecule has 0 spiro atoms. The van der Waals surface area contributed by atoms with E-state index in [4.69, 9.17) is 10.5 Å². The lowest BCUT2D eigenvalue weighted by Gasteiger charge is -2.34. The highest BCUT2D eigenvalue weighted by Gasteiger charge is 2.22. The number of thioether (sulfide) groups is 1. The summed E-state index contributed by atoms with van der Waals surface area (Å²) in [5.74, 6) is 0.826. The molecule has 1 heterocycles. The Morgan fingerprint density at radius 3 is 2.56 bits per heavy atom. The van der Waals surface area contributed by atoms with Crippen LogP contribution < -0.4 is 10.5 Å². The molecule has 100 valence electrons. The molecule has 2 unspecified atom stereocenters. The molecule has 2 atom stereocenters. The number of ether oxygens (including phenoxy) is 1. The van der Waals surface area contributed by atoms with Gasteiger partial charge in [0, 0.05) is 41.9 Å². The minimum absolute atomic E-state index is 0.702. The van der Waals surface area contributed by atoms with Crippen LogP contribution in [0.3, 0.4) is 0 Å². The molecule has 4 heteroatoms. The average Bonchev–Trinajstić information content (AvgIpc) is 2.30. The Hall–Kier alpha value is -0.870. The number of rotatable bonds is 3. The molecule has 1 aliphatic heterocycles. The Balaban J connectivity index is 2.04. The first kappa shape index (κ1) is 13.6. The number of nitrogen functional groups attached to an aromatic ring is 1. The van der Waals surface area contributed by atoms with Gasteiger partial charge in [-0.05, 0) is 11.6 Å². The number of nitrogens with zero attached hydrogens (tertiary/aromatic N) is 1. The van der Waals surface area contributed by atoms with Gasteiger partial charge in [0.2, 0.25) is 0 Å². The van der Waals surface area contributed by atoms with Crippen molar-refractivity contribution in [2.24, 2.45) is 0 Å². The number of hydrogen-bond donors (Lipinski definition) is 1. The molecular formula is C14H22N2OS. The van der Waals surface area contributed by atoms with Gasteiger partial charge >= 0.3 is 0 Å². The molecule has 0 radical (unpaired) electrons. The van der Waals surface area contributed by atoms with Crippen LogP contribution in [0.2, 0.25) is 0 Å². The van der Waals surface area contributed by atoms with Crippen LogP contribution in [0, 0.1) is 0 Å². The molecule has 1 fully saturated rings. The predicted octanol–water partition coefficient (Wildman–Crippen LogP) is 2.60. The van der Waals surface area contributed by atoms with Gasteiger partial charge in [0.15, 0.2) is 0 Å². The van der Waals surface area contributed by atoms with E-state index in [9.17, 15) is 0 Å². The highest BCUT2D eigenvalue weighted by molar-refractivity contribution is 8.00. The number of methoxy groups -OCH3 is 1. The molecule has 1 saturated heterocycles. The van der Waals surface area contributed by atoms with Crippen molar-refractivity contribution in [2.75, 3.05) is 25.9 Å². The minimum Gasteiger partial charge on any atom is -0.497 e. The summed E-state index contributed by atoms with van der Waals surface area (Å²) in [5.41, 5.74) is 8.09. The maximum absolute atomic E-state index is 6.07. The van der Waals surface area contributed by atoms with Crippen LogP contribution in [-0.4, -0.2) is 35.6 Å². The van der Waals surface area contributed by atoms with Crippen molar-refractivity contribution in [3.8, 4) is 5.75 Å². The molecule has 3 nitrogen and oxygen atoms in total. The summed E-state index contributed by atoms with van der Waals surface area (Å²) in [6.45, 7) is 7.81. The van der Waals surface area contributed by atoms with Crippen molar-refractivity contribution in [3.05, 3.63) is 23.8 Å². The van der Waals surface area contributed by atoms with Crippen LogP contribution in [0.25, 0.3) is 0 Å². The lowest BCUT2D eigenvalue weighted by Crippen LogP contribution is -2.39. The monoisotopic (exact) mass is 266 g/mol. The second-order valence-corrected chi connectivity index (χ2v) is 6.90. The molecule has 0 saturated carbocycles. The fourth-order valence-corrected chi connectivity index (χ4v) is 3.89. The lowest BCUT2D eigenvalue weighted by molar-refractivity contribution is 0.263. The van der Waals surface area contributed by atoms with Gasteiger partial charge in [-0.3, -0.25) is 4.90 Å². The quantitative estimate of drug-likeness (QED) is 0.854. The van der Waals surface area contributed by atoms with Gasteiger partial charge in [-0.2, -0.15) is 11.8 Å². The summed E-state index contributed by atoms with van der Waals surface area (Å²) < 4.78 is 5.18. The zero-order chi connectivity index (χ0) is 13.1. The Labute approximate surface area is 114 Å². The van der Waals surface area contributed by atoms with Crippen molar-refractivity contribution in [2.45, 2.75) is 30.9 Å². The van der Waals surface area contributed by atoms with E-state index in [2.05, 4.69) is 36.6 Å². The van der Waals surface area contributed by atoms with Gasteiger partial charge in [-0.15, -0.1) is 0 Å². The Morgan fingerprint density at radius 2 is 2.00 bits per heavy atom. The van der Waals surface area contributed by atoms with Crippen LogP contribution >= 0.6 is 11.8 Å². The molecule has 0 amide bonds. The Kier molecular flexibility index (Phi) is 4.40. The van der Waals surface area contributed by atoms with E-state index in [0.29, 0.717) is 10.5 Å². The maximum atomic E-state index is 6.07. The molecular weight excluding hydrogens is 244 g/mol. The normalized spacial score (nSPS) is 25.1. The second-order valence-electron chi connectivity index (χ2n) is 5.02. The molecule has 1 aliphatic rings. The van der Waals surface area contributed by atoms with E-state index in [1.54, 1.807) is 7.11 Å². The van der Waals surface area contributed by atoms with Crippen LogP contribution in [0.15, 0.2) is 18.2 Å². The fraction of sp³-hybridized carbons (Fsp3) is 0.571. The van der Waals surface area contributed by atoms with Crippen LogP contribution in [0.1, 0.15) is 19.4 Å². The lowest BCUT2D eigenvalue weighted by atomic mass is 10.1. The Morgan fingerprint density at radius 1 is 1.33 bits per heavy atom. The van der Waals surface area contributed by atoms with E-state index >= 15 is 0 Å². The molecule has 2 rings (SSSR count). The van der Waals surface area contributed by atoms with E-state index in [1.807, 2.05) is 12.1 Å². The molecule has 18 heavy (non-hydrogen) atoms. The summed E-state index contributed by atoms with van der Waals surface area (Å²) in [7, 11) is 1.67. The maximum Gasteiger partial charge on any atom is 0.120 e. The third kappa shape index (κ3) is 3.33. The number of hydrogen-bond acceptors (Lipinski definition) is 4. The van der Waals surface area contributed by atoms with Gasteiger partial charge in [-0.25, -0.2) is 0 Å². The van der Waals surface area contributed by atoms with Crippen molar-refractivity contribution in [3.63, 3.8) is 0 Å². The molecule has 1 aromatic carbocycles. The highest BCUT2D eigenvalue weighted by atomic mass is 32.2. The van der Waals surface area contributed by atoms with Crippen molar-refractivity contribution in [1.82, 2.24) is 4.90 Å². The summed E-state index contributed by atoms with van der Waals surface area (Å²) in [4.78, 5) is 2.49. The second kappa shape index (κ2) is 5.85. The molecule has 0 aromatic heterocycles. The van der Waals surface area contributed by atoms with Crippen molar-refractivity contribution >= 4 is 17.4 Å². The number of nitrogens with two attached hydrogens (primary N) is 1. The zero-order valence-corrected chi connectivity index (χ0v) is 12.2. The number of anilines is 1. The van der Waals surface area contributed by atoms with Crippen LogP contribution in [-0.2, 0) is 6.54 Å². The van der Waals surface area contributed by atoms with Crippen molar-refractivity contribution in [1.29, 1.82) is 0 Å². The van der Waals surface area contributed by atoms with Gasteiger partial charge in [0.1, 0.15) is 5.75 Å². The SMILES string of the molecule is COc1ccc(CN2CC(C)SC(C)C2)c(N)c1. The average molecular weight is 266 g/mol. The molecule has 2 N–H and O–H groups in total. The largest absolute Gasteiger partial charge is 0.497 e. The third-order valence-corrected chi connectivity index (χ3v) is 4.47. The summed E-state index contributed by atoms with van der Waals surface area (Å²) in [5, 5.41) is 1.40. The molecule has 1 aromatic rings. The van der Waals surface area contributed by atoms with E-state index in [1.165, 1.54) is 5.56 Å². The minimum atomic E-state index is 0.702. The zero-order valence-electron chi connectivity index (χ0n) is 11.3. The topological polar surface area (TPSA) is 38.5 Å². The summed E-state index contributed by atoms with van der Waals surface area (Å²) >= 11 is 2.07. The summed E-state index contributed by atoms with van der Waals surface area (Å²) in [6.07, 6.45) is 0. The van der Waals surface area contributed by atoms with Crippen LogP contribution in [0.4, 0.5) is 5.69 Å². The smallest absolute Gasteiger partial charge is 0.120 e. The van der Waals surface area contributed by atoms with Gasteiger partial charge < -0.3 is 10.5 Å².